The van der Waals surface area contributed by atoms with Crippen LogP contribution in [0.4, 0.5) is 0 Å². The number of allylic oxidation sites excluding steroid dienone is 4. The Kier molecular flexibility index (Phi) is 3.92. The molecule has 0 N–H and O–H groups in total. The van der Waals surface area contributed by atoms with Gasteiger partial charge in [-0.05, 0) is 19.9 Å². The molecular formula is C8H9Cl. The second-order valence-corrected chi connectivity index (χ2v) is 2.31. The third kappa shape index (κ3) is 5.20. The van der Waals surface area contributed by atoms with E-state index in [0.29, 0.717) is 5.03 Å². The second kappa shape index (κ2) is 4.23. The van der Waals surface area contributed by atoms with Crippen molar-refractivity contribution in [3.8, 4) is 12.3 Å². The minimum Gasteiger partial charge on any atom is -0.114 e. The Morgan fingerprint density at radius 2 is 2.00 bits per heavy atom. The van der Waals surface area contributed by atoms with Gasteiger partial charge in [-0.25, -0.2) is 0 Å². The minimum atomic E-state index is 0.441. The smallest absolute Gasteiger partial charge is 0.0901 e. The van der Waals surface area contributed by atoms with Crippen LogP contribution in [0.25, 0.3) is 0 Å². The van der Waals surface area contributed by atoms with E-state index in [2.05, 4.69) is 5.92 Å². The van der Waals surface area contributed by atoms with Crippen LogP contribution in [0, 0.1) is 12.3 Å². The third-order valence-electron chi connectivity index (χ3n) is 0.701. The number of terminal acetylenes is 1. The van der Waals surface area contributed by atoms with Crippen molar-refractivity contribution in [1.82, 2.24) is 0 Å². The van der Waals surface area contributed by atoms with Crippen molar-refractivity contribution in [3.63, 3.8) is 0 Å². The standard InChI is InChI=1S/C8H9Cl/c1-4-8(9)6-5-7(2)3/h1,5-6H,2-3H3/b8-6+. The van der Waals surface area contributed by atoms with Crippen LogP contribution in [0.3, 0.4) is 0 Å². The lowest BCUT2D eigenvalue weighted by molar-refractivity contribution is 1.39. The average Bonchev–Trinajstić information content (AvgIpc) is 1.83. The largest absolute Gasteiger partial charge is 0.114 e. The van der Waals surface area contributed by atoms with Gasteiger partial charge in [-0.2, -0.15) is 0 Å². The molecule has 0 nitrogen and oxygen atoms in total. The van der Waals surface area contributed by atoms with Crippen molar-refractivity contribution in [2.24, 2.45) is 0 Å². The second-order valence-electron chi connectivity index (χ2n) is 1.90. The molecule has 0 aliphatic heterocycles. The SMILES string of the molecule is C#C/C(Cl)=C\C=C(C)C. The summed E-state index contributed by atoms with van der Waals surface area (Å²) < 4.78 is 0. The molecule has 0 aliphatic carbocycles. The number of halogens is 1. The van der Waals surface area contributed by atoms with Gasteiger partial charge in [-0.3, -0.25) is 0 Å². The maximum absolute atomic E-state index is 5.49. The maximum Gasteiger partial charge on any atom is 0.0901 e. The number of hydrogen-bond donors (Lipinski definition) is 0. The first-order valence-corrected chi connectivity index (χ1v) is 3.02. The topological polar surface area (TPSA) is 0 Å². The molecule has 0 aliphatic rings. The lowest BCUT2D eigenvalue weighted by Crippen LogP contribution is -1.62. The first kappa shape index (κ1) is 8.33. The molecule has 0 saturated carbocycles. The zero-order chi connectivity index (χ0) is 7.28. The van der Waals surface area contributed by atoms with E-state index < -0.39 is 0 Å². The predicted octanol–water partition coefficient (Wildman–Crippen LogP) is 2.71. The van der Waals surface area contributed by atoms with E-state index in [-0.39, 0.29) is 0 Å². The van der Waals surface area contributed by atoms with E-state index in [4.69, 9.17) is 18.0 Å². The third-order valence-corrected chi connectivity index (χ3v) is 0.936. The highest BCUT2D eigenvalue weighted by atomic mass is 35.5. The van der Waals surface area contributed by atoms with Gasteiger partial charge in [0.1, 0.15) is 0 Å². The molecule has 0 heterocycles. The Hall–Kier alpha value is -0.670. The molecule has 48 valence electrons. The van der Waals surface area contributed by atoms with Crippen molar-refractivity contribution in [3.05, 3.63) is 22.8 Å². The molecule has 0 bridgehead atoms. The van der Waals surface area contributed by atoms with Crippen LogP contribution in [0.1, 0.15) is 13.8 Å². The van der Waals surface area contributed by atoms with Crippen LogP contribution in [0.15, 0.2) is 22.8 Å². The van der Waals surface area contributed by atoms with Crippen LogP contribution in [0.5, 0.6) is 0 Å². The molecule has 0 radical (unpaired) electrons. The molecule has 0 unspecified atom stereocenters. The number of rotatable bonds is 1. The van der Waals surface area contributed by atoms with E-state index in [9.17, 15) is 0 Å². The molecule has 0 aromatic carbocycles. The summed E-state index contributed by atoms with van der Waals surface area (Å²) in [6, 6.07) is 0. The molecule has 1 heteroatoms. The summed E-state index contributed by atoms with van der Waals surface area (Å²) in [7, 11) is 0. The Balaban J connectivity index is 4.03. The fraction of sp³-hybridized carbons (Fsp3) is 0.250. The van der Waals surface area contributed by atoms with Gasteiger partial charge in [0.05, 0.1) is 5.03 Å². The molecule has 0 saturated heterocycles. The summed E-state index contributed by atoms with van der Waals surface area (Å²) in [5.74, 6) is 2.30. The van der Waals surface area contributed by atoms with E-state index in [1.165, 1.54) is 5.57 Å². The van der Waals surface area contributed by atoms with Gasteiger partial charge in [-0.15, -0.1) is 6.42 Å². The first-order chi connectivity index (χ1) is 4.16. The predicted molar refractivity (Wildman–Crippen MR) is 42.2 cm³/mol. The highest BCUT2D eigenvalue weighted by Gasteiger charge is 1.77. The van der Waals surface area contributed by atoms with Gasteiger partial charge in [0.2, 0.25) is 0 Å². The normalized spacial score (nSPS) is 10.2. The van der Waals surface area contributed by atoms with Gasteiger partial charge in [0, 0.05) is 0 Å². The van der Waals surface area contributed by atoms with Crippen LogP contribution < -0.4 is 0 Å². The van der Waals surface area contributed by atoms with Crippen molar-refractivity contribution >= 4 is 11.6 Å². The van der Waals surface area contributed by atoms with Crippen LogP contribution in [-0.4, -0.2) is 0 Å². The monoisotopic (exact) mass is 140 g/mol. The van der Waals surface area contributed by atoms with Gasteiger partial charge >= 0.3 is 0 Å². The van der Waals surface area contributed by atoms with Crippen molar-refractivity contribution in [1.29, 1.82) is 0 Å². The quantitative estimate of drug-likeness (QED) is 0.388. The molecule has 0 aromatic heterocycles. The zero-order valence-electron chi connectivity index (χ0n) is 5.61. The highest BCUT2D eigenvalue weighted by molar-refractivity contribution is 6.32. The summed E-state index contributed by atoms with van der Waals surface area (Å²) in [5.41, 5.74) is 1.18. The molecular weight excluding hydrogens is 132 g/mol. The van der Waals surface area contributed by atoms with Crippen LogP contribution >= 0.6 is 11.6 Å². The fourth-order valence-electron chi connectivity index (χ4n) is 0.288. The van der Waals surface area contributed by atoms with Crippen LogP contribution in [-0.2, 0) is 0 Å². The molecule has 0 atom stereocenters. The first-order valence-electron chi connectivity index (χ1n) is 2.64. The van der Waals surface area contributed by atoms with Crippen molar-refractivity contribution in [2.75, 3.05) is 0 Å². The van der Waals surface area contributed by atoms with Gasteiger partial charge < -0.3 is 0 Å². The summed E-state index contributed by atoms with van der Waals surface area (Å²) in [6.07, 6.45) is 8.56. The Labute approximate surface area is 61.2 Å². The van der Waals surface area contributed by atoms with Gasteiger partial charge in [0.25, 0.3) is 0 Å². The molecule has 0 aromatic rings. The molecule has 0 rings (SSSR count). The summed E-state index contributed by atoms with van der Waals surface area (Å²) in [6.45, 7) is 3.97. The van der Waals surface area contributed by atoms with Gasteiger partial charge in [-0.1, -0.05) is 29.2 Å². The molecule has 0 fully saturated rings. The van der Waals surface area contributed by atoms with Crippen molar-refractivity contribution < 1.29 is 0 Å². The van der Waals surface area contributed by atoms with E-state index in [0.717, 1.165) is 0 Å². The summed E-state index contributed by atoms with van der Waals surface area (Å²) >= 11 is 5.49. The summed E-state index contributed by atoms with van der Waals surface area (Å²) in [4.78, 5) is 0. The average molecular weight is 141 g/mol. The Bertz CT molecular complexity index is 175. The van der Waals surface area contributed by atoms with E-state index >= 15 is 0 Å². The van der Waals surface area contributed by atoms with Crippen LogP contribution in [0.2, 0.25) is 0 Å². The van der Waals surface area contributed by atoms with Gasteiger partial charge in [0.15, 0.2) is 0 Å². The zero-order valence-corrected chi connectivity index (χ0v) is 6.37. The molecule has 0 amide bonds. The molecule has 0 spiro atoms. The minimum absolute atomic E-state index is 0.441. The van der Waals surface area contributed by atoms with E-state index in [1.54, 1.807) is 6.08 Å². The Morgan fingerprint density at radius 3 is 2.33 bits per heavy atom. The molecule has 9 heavy (non-hydrogen) atoms. The summed E-state index contributed by atoms with van der Waals surface area (Å²) in [5, 5.41) is 0.441. The van der Waals surface area contributed by atoms with Crippen molar-refractivity contribution in [2.45, 2.75) is 13.8 Å². The van der Waals surface area contributed by atoms with E-state index in [1.807, 2.05) is 19.9 Å². The maximum atomic E-state index is 5.49. The lowest BCUT2D eigenvalue weighted by atomic mass is 10.3. The Morgan fingerprint density at radius 1 is 1.44 bits per heavy atom. The number of hydrogen-bond acceptors (Lipinski definition) is 0. The fourth-order valence-corrected chi connectivity index (χ4v) is 0.351. The lowest BCUT2D eigenvalue weighted by Gasteiger charge is -1.82. The highest BCUT2D eigenvalue weighted by Crippen LogP contribution is 1.99.